The van der Waals surface area contributed by atoms with Crippen molar-refractivity contribution in [3.05, 3.63) is 0 Å². The van der Waals surface area contributed by atoms with Crippen LogP contribution in [-0.4, -0.2) is 45.2 Å². The standard InChI is InChI=1S/C10H19NO4S/c1-4-11-7(2)6-16-10(3,9(14)15)5-8(12)13/h7,11H,4-6H2,1-3H3,(H,12,13)(H,14,15)/t7-,10?/m1/s1. The van der Waals surface area contributed by atoms with E-state index < -0.39 is 16.7 Å². The van der Waals surface area contributed by atoms with Gasteiger partial charge < -0.3 is 15.5 Å². The average Bonchev–Trinajstić information content (AvgIpc) is 2.14. The summed E-state index contributed by atoms with van der Waals surface area (Å²) >= 11 is 1.17. The van der Waals surface area contributed by atoms with Gasteiger partial charge in [-0.25, -0.2) is 0 Å². The van der Waals surface area contributed by atoms with E-state index in [9.17, 15) is 9.59 Å². The summed E-state index contributed by atoms with van der Waals surface area (Å²) < 4.78 is -1.25. The number of hydrogen-bond acceptors (Lipinski definition) is 4. The molecule has 0 saturated heterocycles. The summed E-state index contributed by atoms with van der Waals surface area (Å²) in [4.78, 5) is 21.6. The topological polar surface area (TPSA) is 86.6 Å². The third-order valence-electron chi connectivity index (χ3n) is 2.15. The maximum atomic E-state index is 11.0. The minimum Gasteiger partial charge on any atom is -0.481 e. The van der Waals surface area contributed by atoms with Crippen molar-refractivity contribution >= 4 is 23.7 Å². The van der Waals surface area contributed by atoms with E-state index in [0.29, 0.717) is 5.75 Å². The van der Waals surface area contributed by atoms with Gasteiger partial charge in [0.15, 0.2) is 0 Å². The lowest BCUT2D eigenvalue weighted by molar-refractivity contribution is -0.145. The Kier molecular flexibility index (Phi) is 6.43. The molecular weight excluding hydrogens is 230 g/mol. The lowest BCUT2D eigenvalue weighted by Crippen LogP contribution is -2.37. The molecule has 0 aliphatic carbocycles. The molecule has 0 radical (unpaired) electrons. The van der Waals surface area contributed by atoms with E-state index in [1.165, 1.54) is 18.7 Å². The van der Waals surface area contributed by atoms with Crippen LogP contribution in [0.1, 0.15) is 27.2 Å². The van der Waals surface area contributed by atoms with Crippen molar-refractivity contribution in [1.82, 2.24) is 5.32 Å². The molecule has 5 nitrogen and oxygen atoms in total. The Hall–Kier alpha value is -0.750. The molecule has 6 heteroatoms. The molecule has 1 unspecified atom stereocenters. The van der Waals surface area contributed by atoms with Crippen molar-refractivity contribution < 1.29 is 19.8 Å². The smallest absolute Gasteiger partial charge is 0.320 e. The first-order valence-electron chi connectivity index (χ1n) is 5.14. The van der Waals surface area contributed by atoms with Gasteiger partial charge in [-0.3, -0.25) is 9.59 Å². The summed E-state index contributed by atoms with van der Waals surface area (Å²) in [6.07, 6.45) is -0.369. The molecule has 0 fully saturated rings. The summed E-state index contributed by atoms with van der Waals surface area (Å²) in [5, 5.41) is 20.8. The highest BCUT2D eigenvalue weighted by Crippen LogP contribution is 2.29. The van der Waals surface area contributed by atoms with E-state index in [0.717, 1.165) is 6.54 Å². The molecule has 0 aromatic rings. The molecule has 0 aromatic heterocycles. The summed E-state index contributed by atoms with van der Waals surface area (Å²) in [6.45, 7) is 6.17. The molecule has 3 N–H and O–H groups in total. The average molecular weight is 249 g/mol. The monoisotopic (exact) mass is 249 g/mol. The van der Waals surface area contributed by atoms with Gasteiger partial charge in [-0.15, -0.1) is 11.8 Å². The second-order valence-electron chi connectivity index (χ2n) is 3.88. The third-order valence-corrected chi connectivity index (χ3v) is 3.77. The lowest BCUT2D eigenvalue weighted by Gasteiger charge is -2.24. The zero-order valence-electron chi connectivity index (χ0n) is 9.82. The van der Waals surface area contributed by atoms with Crippen molar-refractivity contribution in [2.75, 3.05) is 12.3 Å². The number of carboxylic acids is 2. The minimum absolute atomic E-state index is 0.169. The molecule has 0 aliphatic rings. The first kappa shape index (κ1) is 15.2. The molecule has 16 heavy (non-hydrogen) atoms. The van der Waals surface area contributed by atoms with Crippen LogP contribution >= 0.6 is 11.8 Å². The number of carbonyl (C=O) groups is 2. The van der Waals surface area contributed by atoms with Crippen molar-refractivity contribution in [3.63, 3.8) is 0 Å². The highest BCUT2D eigenvalue weighted by Gasteiger charge is 2.36. The summed E-state index contributed by atoms with van der Waals surface area (Å²) in [7, 11) is 0. The Labute approximate surface area is 99.6 Å². The Morgan fingerprint density at radius 1 is 1.44 bits per heavy atom. The fourth-order valence-electron chi connectivity index (χ4n) is 1.19. The fraction of sp³-hybridized carbons (Fsp3) is 0.800. The van der Waals surface area contributed by atoms with Gasteiger partial charge in [-0.05, 0) is 20.4 Å². The lowest BCUT2D eigenvalue weighted by atomic mass is 10.1. The number of carboxylic acid groups (broad SMARTS) is 2. The van der Waals surface area contributed by atoms with Crippen LogP contribution in [0, 0.1) is 0 Å². The van der Waals surface area contributed by atoms with Gasteiger partial charge in [0.2, 0.25) is 0 Å². The van der Waals surface area contributed by atoms with E-state index in [4.69, 9.17) is 10.2 Å². The van der Waals surface area contributed by atoms with Crippen LogP contribution in [0.5, 0.6) is 0 Å². The highest BCUT2D eigenvalue weighted by atomic mass is 32.2. The molecule has 0 bridgehead atoms. The number of thioether (sulfide) groups is 1. The van der Waals surface area contributed by atoms with E-state index in [2.05, 4.69) is 5.32 Å². The predicted octanol–water partition coefficient (Wildman–Crippen LogP) is 1.04. The molecule has 2 atom stereocenters. The van der Waals surface area contributed by atoms with Gasteiger partial charge in [-0.2, -0.15) is 0 Å². The first-order valence-corrected chi connectivity index (χ1v) is 6.13. The quantitative estimate of drug-likeness (QED) is 0.596. The number of aliphatic carboxylic acids is 2. The van der Waals surface area contributed by atoms with Gasteiger partial charge >= 0.3 is 11.9 Å². The molecule has 0 amide bonds. The van der Waals surface area contributed by atoms with Crippen molar-refractivity contribution in [2.24, 2.45) is 0 Å². The molecule has 0 spiro atoms. The zero-order valence-corrected chi connectivity index (χ0v) is 10.6. The van der Waals surface area contributed by atoms with Gasteiger partial charge in [0.25, 0.3) is 0 Å². The summed E-state index contributed by atoms with van der Waals surface area (Å²) in [6, 6.07) is 0.169. The zero-order chi connectivity index (χ0) is 12.8. The maximum Gasteiger partial charge on any atom is 0.320 e. The van der Waals surface area contributed by atoms with Crippen LogP contribution in [-0.2, 0) is 9.59 Å². The number of hydrogen-bond donors (Lipinski definition) is 3. The van der Waals surface area contributed by atoms with E-state index in [1.54, 1.807) is 0 Å². The summed E-state index contributed by atoms with van der Waals surface area (Å²) in [5.41, 5.74) is 0. The second kappa shape index (κ2) is 6.75. The van der Waals surface area contributed by atoms with Crippen molar-refractivity contribution in [2.45, 2.75) is 38.0 Å². The Bertz CT molecular complexity index is 259. The SMILES string of the molecule is CCN[C@H](C)CSC(C)(CC(=O)O)C(=O)O. The van der Waals surface area contributed by atoms with Crippen LogP contribution in [0.25, 0.3) is 0 Å². The molecular formula is C10H19NO4S. The third kappa shape index (κ3) is 5.37. The van der Waals surface area contributed by atoms with Crippen LogP contribution in [0.15, 0.2) is 0 Å². The minimum atomic E-state index is -1.25. The molecule has 0 heterocycles. The van der Waals surface area contributed by atoms with Crippen molar-refractivity contribution in [1.29, 1.82) is 0 Å². The first-order chi connectivity index (χ1) is 7.31. The highest BCUT2D eigenvalue weighted by molar-refractivity contribution is 8.01. The normalized spacial score (nSPS) is 16.4. The van der Waals surface area contributed by atoms with Crippen LogP contribution in [0.3, 0.4) is 0 Å². The van der Waals surface area contributed by atoms with Gasteiger partial charge in [0.1, 0.15) is 4.75 Å². The molecule has 0 rings (SSSR count). The summed E-state index contributed by atoms with van der Waals surface area (Å²) in [5.74, 6) is -1.60. The Balaban J connectivity index is 4.33. The Morgan fingerprint density at radius 3 is 2.38 bits per heavy atom. The Morgan fingerprint density at radius 2 is 2.00 bits per heavy atom. The van der Waals surface area contributed by atoms with Crippen LogP contribution in [0.4, 0.5) is 0 Å². The van der Waals surface area contributed by atoms with Gasteiger partial charge in [-0.1, -0.05) is 6.92 Å². The second-order valence-corrected chi connectivity index (χ2v) is 5.40. The predicted molar refractivity (Wildman–Crippen MR) is 63.9 cm³/mol. The van der Waals surface area contributed by atoms with Gasteiger partial charge in [0, 0.05) is 11.8 Å². The number of rotatable bonds is 8. The van der Waals surface area contributed by atoms with Gasteiger partial charge in [0.05, 0.1) is 6.42 Å². The number of nitrogens with one attached hydrogen (secondary N) is 1. The van der Waals surface area contributed by atoms with E-state index in [1.807, 2.05) is 13.8 Å². The molecule has 0 aromatic carbocycles. The van der Waals surface area contributed by atoms with Crippen LogP contribution < -0.4 is 5.32 Å². The van der Waals surface area contributed by atoms with Crippen LogP contribution in [0.2, 0.25) is 0 Å². The van der Waals surface area contributed by atoms with E-state index in [-0.39, 0.29) is 12.5 Å². The molecule has 94 valence electrons. The maximum absolute atomic E-state index is 11.0. The largest absolute Gasteiger partial charge is 0.481 e. The molecule has 0 saturated carbocycles. The van der Waals surface area contributed by atoms with Crippen molar-refractivity contribution in [3.8, 4) is 0 Å². The molecule has 0 aliphatic heterocycles. The van der Waals surface area contributed by atoms with E-state index >= 15 is 0 Å². The fourth-order valence-corrected chi connectivity index (χ4v) is 2.28.